The van der Waals surface area contributed by atoms with Gasteiger partial charge < -0.3 is 0 Å². The first-order valence-electron chi connectivity index (χ1n) is 8.54. The van der Waals surface area contributed by atoms with Crippen LogP contribution >= 0.6 is 0 Å². The zero-order valence-electron chi connectivity index (χ0n) is 13.5. The van der Waals surface area contributed by atoms with Crippen LogP contribution in [0.3, 0.4) is 0 Å². The van der Waals surface area contributed by atoms with Gasteiger partial charge in [0, 0.05) is 0 Å². The summed E-state index contributed by atoms with van der Waals surface area (Å²) in [5.41, 5.74) is 3.11. The van der Waals surface area contributed by atoms with Crippen molar-refractivity contribution in [1.82, 2.24) is 0 Å². The van der Waals surface area contributed by atoms with E-state index < -0.39 is 0 Å². The molecule has 0 aliphatic heterocycles. The topological polar surface area (TPSA) is 0 Å². The van der Waals surface area contributed by atoms with Crippen molar-refractivity contribution in [3.8, 4) is 0 Å². The van der Waals surface area contributed by atoms with Crippen molar-refractivity contribution in [2.45, 2.75) is 78.1 Å². The summed E-state index contributed by atoms with van der Waals surface area (Å²) in [6.07, 6.45) is 15.9. The maximum Gasteiger partial charge on any atom is -0.0241 e. The van der Waals surface area contributed by atoms with Gasteiger partial charge in [-0.2, -0.15) is 0 Å². The molecule has 0 spiro atoms. The van der Waals surface area contributed by atoms with Crippen molar-refractivity contribution in [3.63, 3.8) is 0 Å². The summed E-state index contributed by atoms with van der Waals surface area (Å²) < 4.78 is 0. The van der Waals surface area contributed by atoms with Gasteiger partial charge in [-0.15, -0.1) is 0 Å². The van der Waals surface area contributed by atoms with Crippen LogP contribution in [0.5, 0.6) is 0 Å². The fourth-order valence-corrected chi connectivity index (χ4v) is 2.67. The zero-order valence-corrected chi connectivity index (χ0v) is 13.5. The molecule has 0 atom stereocenters. The number of hydrogen-bond donors (Lipinski definition) is 0. The van der Waals surface area contributed by atoms with Crippen molar-refractivity contribution < 1.29 is 0 Å². The summed E-state index contributed by atoms with van der Waals surface area (Å²) in [6.45, 7) is 4.48. The van der Waals surface area contributed by atoms with Crippen LogP contribution in [-0.2, 0) is 6.42 Å². The van der Waals surface area contributed by atoms with Gasteiger partial charge in [0.2, 0.25) is 0 Å². The van der Waals surface area contributed by atoms with E-state index in [4.69, 9.17) is 0 Å². The lowest BCUT2D eigenvalue weighted by atomic mass is 9.99. The highest BCUT2D eigenvalue weighted by molar-refractivity contribution is 5.16. The molecule has 0 unspecified atom stereocenters. The Labute approximate surface area is 126 Å². The summed E-state index contributed by atoms with van der Waals surface area (Å²) in [7, 11) is 0. The molecule has 0 amide bonds. The fraction of sp³-hybridized carbons (Fsp3) is 0.600. The van der Waals surface area contributed by atoms with Crippen LogP contribution in [-0.4, -0.2) is 0 Å². The molecular formula is C20H32. The maximum atomic E-state index is 2.33. The third kappa shape index (κ3) is 8.19. The van der Waals surface area contributed by atoms with Gasteiger partial charge in [-0.1, -0.05) is 87.4 Å². The maximum absolute atomic E-state index is 2.33. The van der Waals surface area contributed by atoms with Crippen LogP contribution in [0.2, 0.25) is 0 Å². The Hall–Kier alpha value is -1.04. The van der Waals surface area contributed by atoms with Gasteiger partial charge in [0.1, 0.15) is 0 Å². The van der Waals surface area contributed by atoms with Gasteiger partial charge in [0.15, 0.2) is 0 Å². The molecule has 1 rings (SSSR count). The van der Waals surface area contributed by atoms with Gasteiger partial charge in [-0.25, -0.2) is 0 Å². The quantitative estimate of drug-likeness (QED) is 0.310. The molecule has 1 aromatic rings. The highest BCUT2D eigenvalue weighted by Crippen LogP contribution is 2.17. The number of aryl methyl sites for hydroxylation is 1. The highest BCUT2D eigenvalue weighted by Gasteiger charge is 1.99. The monoisotopic (exact) mass is 272 g/mol. The van der Waals surface area contributed by atoms with Crippen molar-refractivity contribution in [3.05, 3.63) is 47.5 Å². The molecule has 1 aromatic carbocycles. The molecule has 0 bridgehead atoms. The summed E-state index contributed by atoms with van der Waals surface area (Å²) in [6, 6.07) is 10.8. The van der Waals surface area contributed by atoms with Gasteiger partial charge in [0.05, 0.1) is 0 Å². The Morgan fingerprint density at radius 1 is 0.850 bits per heavy atom. The molecule has 0 saturated heterocycles. The minimum Gasteiger partial charge on any atom is -0.0884 e. The van der Waals surface area contributed by atoms with Gasteiger partial charge in [-0.05, 0) is 38.2 Å². The van der Waals surface area contributed by atoms with Crippen molar-refractivity contribution in [1.29, 1.82) is 0 Å². The molecule has 0 aromatic heterocycles. The van der Waals surface area contributed by atoms with Crippen LogP contribution in [0.25, 0.3) is 0 Å². The first-order valence-corrected chi connectivity index (χ1v) is 8.54. The van der Waals surface area contributed by atoms with E-state index in [0.717, 1.165) is 0 Å². The Balaban J connectivity index is 2.08. The molecule has 0 nitrogen and oxygen atoms in total. The largest absolute Gasteiger partial charge is 0.0884 e. The van der Waals surface area contributed by atoms with Gasteiger partial charge in [-0.3, -0.25) is 0 Å². The molecule has 0 heterocycles. The molecule has 0 radical (unpaired) electrons. The third-order valence-electron chi connectivity index (χ3n) is 4.09. The first-order chi connectivity index (χ1) is 9.86. The molecule has 0 saturated carbocycles. The van der Waals surface area contributed by atoms with Crippen LogP contribution in [0.1, 0.15) is 77.2 Å². The minimum absolute atomic E-state index is 1.19. The molecule has 20 heavy (non-hydrogen) atoms. The van der Waals surface area contributed by atoms with Crippen molar-refractivity contribution >= 4 is 0 Å². The van der Waals surface area contributed by atoms with Crippen LogP contribution in [0.15, 0.2) is 42.0 Å². The predicted molar refractivity (Wildman–Crippen MR) is 91.1 cm³/mol. The SMILES string of the molecule is CC=C(CCCCCCCCC)CCc1ccccc1. The first kappa shape index (κ1) is 17.0. The summed E-state index contributed by atoms with van der Waals surface area (Å²) in [5, 5.41) is 0. The van der Waals surface area contributed by atoms with E-state index in [2.05, 4.69) is 50.3 Å². The second-order valence-electron chi connectivity index (χ2n) is 5.80. The van der Waals surface area contributed by atoms with Crippen LogP contribution < -0.4 is 0 Å². The number of benzene rings is 1. The average molecular weight is 272 g/mol. The number of rotatable bonds is 11. The number of hydrogen-bond acceptors (Lipinski definition) is 0. The number of allylic oxidation sites excluding steroid dienone is 2. The lowest BCUT2D eigenvalue weighted by Gasteiger charge is -2.07. The normalized spacial score (nSPS) is 11.8. The van der Waals surface area contributed by atoms with Crippen molar-refractivity contribution in [2.75, 3.05) is 0 Å². The smallest absolute Gasteiger partial charge is 0.0241 e. The average Bonchev–Trinajstić information content (AvgIpc) is 2.50. The minimum atomic E-state index is 1.19. The van der Waals surface area contributed by atoms with Gasteiger partial charge >= 0.3 is 0 Å². The van der Waals surface area contributed by atoms with E-state index in [0.29, 0.717) is 0 Å². The molecular weight excluding hydrogens is 240 g/mol. The fourth-order valence-electron chi connectivity index (χ4n) is 2.67. The van der Waals surface area contributed by atoms with E-state index in [1.807, 2.05) is 0 Å². The van der Waals surface area contributed by atoms with E-state index in [1.54, 1.807) is 5.57 Å². The third-order valence-corrected chi connectivity index (χ3v) is 4.09. The molecule has 0 fully saturated rings. The van der Waals surface area contributed by atoms with Crippen molar-refractivity contribution in [2.24, 2.45) is 0 Å². The summed E-state index contributed by atoms with van der Waals surface area (Å²) >= 11 is 0. The molecule has 0 aliphatic rings. The lowest BCUT2D eigenvalue weighted by Crippen LogP contribution is -1.90. The van der Waals surface area contributed by atoms with E-state index in [9.17, 15) is 0 Å². The van der Waals surface area contributed by atoms with E-state index in [-0.39, 0.29) is 0 Å². The zero-order chi connectivity index (χ0) is 14.5. The number of unbranched alkanes of at least 4 members (excludes halogenated alkanes) is 6. The second-order valence-corrected chi connectivity index (χ2v) is 5.80. The molecule has 0 N–H and O–H groups in total. The second kappa shape index (κ2) is 11.8. The van der Waals surface area contributed by atoms with Crippen LogP contribution in [0.4, 0.5) is 0 Å². The Morgan fingerprint density at radius 3 is 2.15 bits per heavy atom. The standard InChI is InChI=1S/C20H32/c1-3-5-6-7-8-9-11-14-19(4-2)17-18-20-15-12-10-13-16-20/h4,10,12-13,15-16H,3,5-9,11,14,17-18H2,1-2H3. The Kier molecular flexibility index (Phi) is 10.0. The summed E-state index contributed by atoms with van der Waals surface area (Å²) in [4.78, 5) is 0. The molecule has 112 valence electrons. The van der Waals surface area contributed by atoms with E-state index >= 15 is 0 Å². The Morgan fingerprint density at radius 2 is 1.50 bits per heavy atom. The van der Waals surface area contributed by atoms with Crippen LogP contribution in [0, 0.1) is 0 Å². The summed E-state index contributed by atoms with van der Waals surface area (Å²) in [5.74, 6) is 0. The molecule has 0 heteroatoms. The lowest BCUT2D eigenvalue weighted by molar-refractivity contribution is 0.585. The Bertz CT molecular complexity index is 348. The van der Waals surface area contributed by atoms with Gasteiger partial charge in [0.25, 0.3) is 0 Å². The van der Waals surface area contributed by atoms with E-state index in [1.165, 1.54) is 69.8 Å². The predicted octanol–water partition coefficient (Wildman–Crippen LogP) is 6.71. The molecule has 0 aliphatic carbocycles. The highest BCUT2D eigenvalue weighted by atomic mass is 14.0.